The van der Waals surface area contributed by atoms with Gasteiger partial charge >= 0.3 is 6.09 Å². The van der Waals surface area contributed by atoms with Gasteiger partial charge in [0.05, 0.1) is 0 Å². The Balaban J connectivity index is 2.69. The summed E-state index contributed by atoms with van der Waals surface area (Å²) >= 11 is 0. The molecule has 0 aromatic rings. The van der Waals surface area contributed by atoms with Crippen LogP contribution in [0.4, 0.5) is 4.79 Å². The van der Waals surface area contributed by atoms with Crippen LogP contribution in [0.5, 0.6) is 0 Å². The highest BCUT2D eigenvalue weighted by molar-refractivity contribution is 5.86. The van der Waals surface area contributed by atoms with E-state index in [0.29, 0.717) is 19.5 Å². The first-order valence-corrected chi connectivity index (χ1v) is 6.62. The Hall–Kier alpha value is -1.26. The highest BCUT2D eigenvalue weighted by Gasteiger charge is 2.34. The quantitative estimate of drug-likeness (QED) is 0.839. The summed E-state index contributed by atoms with van der Waals surface area (Å²) in [4.78, 5) is 25.4. The zero-order valence-corrected chi connectivity index (χ0v) is 11.8. The van der Waals surface area contributed by atoms with Gasteiger partial charge in [-0.15, -0.1) is 0 Å². The van der Waals surface area contributed by atoms with Crippen molar-refractivity contribution in [2.24, 2.45) is 0 Å². The number of carbonyl (C=O) groups excluding carboxylic acids is 2. The zero-order chi connectivity index (χ0) is 13.8. The van der Waals surface area contributed by atoms with E-state index >= 15 is 0 Å². The van der Waals surface area contributed by atoms with Crippen LogP contribution in [0.2, 0.25) is 0 Å². The van der Waals surface area contributed by atoms with Gasteiger partial charge in [-0.3, -0.25) is 9.69 Å². The molecule has 0 aliphatic carbocycles. The van der Waals surface area contributed by atoms with E-state index in [-0.39, 0.29) is 11.9 Å². The maximum atomic E-state index is 12.1. The minimum atomic E-state index is -0.527. The standard InChI is InChI=1S/C13H24N2O3/c1-5-6-7-10-11(16)14-8-9-15(10)12(17)18-13(2,3)4/h10H,5-9H2,1-4H3,(H,14,16). The lowest BCUT2D eigenvalue weighted by atomic mass is 10.1. The zero-order valence-electron chi connectivity index (χ0n) is 11.8. The maximum absolute atomic E-state index is 12.1. The Morgan fingerprint density at radius 3 is 2.72 bits per heavy atom. The molecular formula is C13H24N2O3. The van der Waals surface area contributed by atoms with Crippen molar-refractivity contribution in [3.05, 3.63) is 0 Å². The smallest absolute Gasteiger partial charge is 0.411 e. The third kappa shape index (κ3) is 4.20. The molecule has 1 heterocycles. The Bertz CT molecular complexity index is 310. The molecule has 18 heavy (non-hydrogen) atoms. The van der Waals surface area contributed by atoms with Crippen LogP contribution in [0.15, 0.2) is 0 Å². The van der Waals surface area contributed by atoms with E-state index in [2.05, 4.69) is 12.2 Å². The van der Waals surface area contributed by atoms with Crippen molar-refractivity contribution in [2.45, 2.75) is 58.6 Å². The lowest BCUT2D eigenvalue weighted by molar-refractivity contribution is -0.129. The van der Waals surface area contributed by atoms with Crippen LogP contribution in [-0.4, -0.2) is 41.6 Å². The largest absolute Gasteiger partial charge is 0.444 e. The summed E-state index contributed by atoms with van der Waals surface area (Å²) in [6.45, 7) is 8.58. The third-order valence-electron chi connectivity index (χ3n) is 2.79. The molecule has 104 valence electrons. The van der Waals surface area contributed by atoms with Gasteiger partial charge in [-0.1, -0.05) is 19.8 Å². The van der Waals surface area contributed by atoms with Crippen molar-refractivity contribution in [3.63, 3.8) is 0 Å². The molecule has 0 bridgehead atoms. The molecular weight excluding hydrogens is 232 g/mol. The van der Waals surface area contributed by atoms with Gasteiger partial charge in [-0.2, -0.15) is 0 Å². The van der Waals surface area contributed by atoms with Crippen LogP contribution in [0, 0.1) is 0 Å². The molecule has 1 saturated heterocycles. The van der Waals surface area contributed by atoms with Gasteiger partial charge < -0.3 is 10.1 Å². The van der Waals surface area contributed by atoms with Gasteiger partial charge in [-0.25, -0.2) is 4.79 Å². The normalized spacial score (nSPS) is 20.6. The van der Waals surface area contributed by atoms with Gasteiger partial charge in [0.1, 0.15) is 11.6 Å². The first kappa shape index (κ1) is 14.8. The van der Waals surface area contributed by atoms with E-state index in [9.17, 15) is 9.59 Å². The van der Waals surface area contributed by atoms with Gasteiger partial charge in [0, 0.05) is 13.1 Å². The molecule has 0 saturated carbocycles. The van der Waals surface area contributed by atoms with Gasteiger partial charge in [0.2, 0.25) is 5.91 Å². The molecule has 1 atom stereocenters. The highest BCUT2D eigenvalue weighted by Crippen LogP contribution is 2.17. The van der Waals surface area contributed by atoms with E-state index < -0.39 is 11.7 Å². The highest BCUT2D eigenvalue weighted by atomic mass is 16.6. The number of nitrogens with one attached hydrogen (secondary N) is 1. The molecule has 0 aromatic carbocycles. The number of ether oxygens (including phenoxy) is 1. The second kappa shape index (κ2) is 6.07. The first-order chi connectivity index (χ1) is 8.35. The van der Waals surface area contributed by atoms with E-state index in [1.165, 1.54) is 0 Å². The number of piperazine rings is 1. The fourth-order valence-corrected chi connectivity index (χ4v) is 1.94. The Labute approximate surface area is 109 Å². The summed E-state index contributed by atoms with van der Waals surface area (Å²) in [6, 6.07) is -0.381. The van der Waals surface area contributed by atoms with Gasteiger partial charge in [-0.05, 0) is 27.2 Å². The van der Waals surface area contributed by atoms with Crippen molar-refractivity contribution in [1.82, 2.24) is 10.2 Å². The van der Waals surface area contributed by atoms with Crippen molar-refractivity contribution < 1.29 is 14.3 Å². The van der Waals surface area contributed by atoms with Crippen LogP contribution < -0.4 is 5.32 Å². The molecule has 1 rings (SSSR count). The molecule has 0 radical (unpaired) electrons. The maximum Gasteiger partial charge on any atom is 0.411 e. The van der Waals surface area contributed by atoms with Crippen LogP contribution in [-0.2, 0) is 9.53 Å². The fourth-order valence-electron chi connectivity index (χ4n) is 1.94. The van der Waals surface area contributed by atoms with Crippen molar-refractivity contribution >= 4 is 12.0 Å². The molecule has 1 fully saturated rings. The number of hydrogen-bond acceptors (Lipinski definition) is 3. The number of nitrogens with zero attached hydrogens (tertiary/aromatic N) is 1. The fraction of sp³-hybridized carbons (Fsp3) is 0.846. The summed E-state index contributed by atoms with van der Waals surface area (Å²) in [6.07, 6.45) is 2.24. The molecule has 0 aromatic heterocycles. The molecule has 1 N–H and O–H groups in total. The van der Waals surface area contributed by atoms with Crippen molar-refractivity contribution in [1.29, 1.82) is 0 Å². The molecule has 0 spiro atoms. The SMILES string of the molecule is CCCCC1C(=O)NCCN1C(=O)OC(C)(C)C. The number of hydrogen-bond donors (Lipinski definition) is 1. The average Bonchev–Trinajstić information content (AvgIpc) is 2.24. The van der Waals surface area contributed by atoms with Gasteiger partial charge in [0.25, 0.3) is 0 Å². The van der Waals surface area contributed by atoms with E-state index in [1.807, 2.05) is 20.8 Å². The second-order valence-corrected chi connectivity index (χ2v) is 5.62. The lowest BCUT2D eigenvalue weighted by Gasteiger charge is -2.36. The molecule has 1 aliphatic heterocycles. The Kier molecular flexibility index (Phi) is 4.99. The van der Waals surface area contributed by atoms with Crippen LogP contribution in [0.3, 0.4) is 0 Å². The Morgan fingerprint density at radius 1 is 1.50 bits per heavy atom. The third-order valence-corrected chi connectivity index (χ3v) is 2.79. The molecule has 2 amide bonds. The molecule has 5 heteroatoms. The predicted molar refractivity (Wildman–Crippen MR) is 69.3 cm³/mol. The first-order valence-electron chi connectivity index (χ1n) is 6.62. The summed E-state index contributed by atoms with van der Waals surface area (Å²) in [5, 5.41) is 2.80. The van der Waals surface area contributed by atoms with Crippen molar-refractivity contribution in [2.75, 3.05) is 13.1 Å². The van der Waals surface area contributed by atoms with Crippen LogP contribution >= 0.6 is 0 Å². The van der Waals surface area contributed by atoms with Gasteiger partial charge in [0.15, 0.2) is 0 Å². The van der Waals surface area contributed by atoms with Crippen LogP contribution in [0.1, 0.15) is 47.0 Å². The second-order valence-electron chi connectivity index (χ2n) is 5.62. The number of rotatable bonds is 3. The number of unbranched alkanes of at least 4 members (excludes halogenated alkanes) is 1. The summed E-state index contributed by atoms with van der Waals surface area (Å²) < 4.78 is 5.34. The minimum absolute atomic E-state index is 0.0689. The number of carbonyl (C=O) groups is 2. The molecule has 1 unspecified atom stereocenters. The van der Waals surface area contributed by atoms with E-state index in [1.54, 1.807) is 4.90 Å². The van der Waals surface area contributed by atoms with E-state index in [0.717, 1.165) is 12.8 Å². The molecule has 5 nitrogen and oxygen atoms in total. The average molecular weight is 256 g/mol. The predicted octanol–water partition coefficient (Wildman–Crippen LogP) is 1.91. The Morgan fingerprint density at radius 2 is 2.17 bits per heavy atom. The minimum Gasteiger partial charge on any atom is -0.444 e. The summed E-state index contributed by atoms with van der Waals surface area (Å²) in [5.41, 5.74) is -0.527. The van der Waals surface area contributed by atoms with Crippen molar-refractivity contribution in [3.8, 4) is 0 Å². The molecule has 1 aliphatic rings. The van der Waals surface area contributed by atoms with Crippen LogP contribution in [0.25, 0.3) is 0 Å². The van der Waals surface area contributed by atoms with E-state index in [4.69, 9.17) is 4.74 Å². The summed E-state index contributed by atoms with van der Waals surface area (Å²) in [5.74, 6) is -0.0689. The monoisotopic (exact) mass is 256 g/mol. The lowest BCUT2D eigenvalue weighted by Crippen LogP contribution is -2.57. The summed E-state index contributed by atoms with van der Waals surface area (Å²) in [7, 11) is 0. The topological polar surface area (TPSA) is 58.6 Å². The number of amides is 2.